The Morgan fingerprint density at radius 3 is 2.58 bits per heavy atom. The molecule has 180 valence electrons. The van der Waals surface area contributed by atoms with E-state index in [1.54, 1.807) is 12.1 Å². The number of nitrogens with zero attached hydrogens (tertiary/aromatic N) is 2. The first-order chi connectivity index (χ1) is 15.6. The fourth-order valence-corrected chi connectivity index (χ4v) is 6.28. The fourth-order valence-electron chi connectivity index (χ4n) is 5.11. The van der Waals surface area contributed by atoms with Crippen LogP contribution in [0.5, 0.6) is 0 Å². The van der Waals surface area contributed by atoms with E-state index in [9.17, 15) is 18.0 Å². The van der Waals surface area contributed by atoms with Gasteiger partial charge in [0.05, 0.1) is 10.9 Å². The lowest BCUT2D eigenvalue weighted by Crippen LogP contribution is -2.47. The molecular weight excluding hydrogens is 438 g/mol. The zero-order valence-electron chi connectivity index (χ0n) is 19.8. The summed E-state index contributed by atoms with van der Waals surface area (Å²) in [7, 11) is -2.19. The molecule has 2 amide bonds. The maximum atomic E-state index is 13.3. The van der Waals surface area contributed by atoms with Crippen LogP contribution in [-0.4, -0.2) is 62.2 Å². The first kappa shape index (κ1) is 24.0. The summed E-state index contributed by atoms with van der Waals surface area (Å²) in [6, 6.07) is 6.17. The summed E-state index contributed by atoms with van der Waals surface area (Å²) in [5.74, 6) is 0.883. The zero-order chi connectivity index (χ0) is 23.8. The van der Waals surface area contributed by atoms with Crippen molar-refractivity contribution in [2.75, 3.05) is 26.7 Å². The van der Waals surface area contributed by atoms with Gasteiger partial charge in [0.2, 0.25) is 15.9 Å². The topological polar surface area (TPSA) is 86.8 Å². The number of fused-ring (bicyclic) bond motifs is 3. The van der Waals surface area contributed by atoms with Crippen LogP contribution in [0.2, 0.25) is 0 Å². The molecule has 7 nitrogen and oxygen atoms in total. The highest BCUT2D eigenvalue weighted by atomic mass is 32.2. The Morgan fingerprint density at radius 2 is 1.85 bits per heavy atom. The molecule has 2 unspecified atom stereocenters. The first-order valence-corrected chi connectivity index (χ1v) is 13.3. The van der Waals surface area contributed by atoms with Gasteiger partial charge >= 0.3 is 0 Å². The minimum Gasteiger partial charge on any atom is -0.350 e. The van der Waals surface area contributed by atoms with Crippen LogP contribution in [-0.2, 0) is 14.8 Å². The van der Waals surface area contributed by atoms with Crippen molar-refractivity contribution in [2.24, 2.45) is 17.3 Å². The van der Waals surface area contributed by atoms with E-state index in [0.29, 0.717) is 36.8 Å². The van der Waals surface area contributed by atoms with Crippen molar-refractivity contribution in [3.63, 3.8) is 0 Å². The Kier molecular flexibility index (Phi) is 6.69. The second kappa shape index (κ2) is 9.22. The van der Waals surface area contributed by atoms with Gasteiger partial charge in [-0.3, -0.25) is 9.59 Å². The molecule has 2 heterocycles. The number of carbonyl (C=O) groups is 2. The lowest BCUT2D eigenvalue weighted by molar-refractivity contribution is -0.134. The summed E-state index contributed by atoms with van der Waals surface area (Å²) < 4.78 is 27.3. The second-order valence-electron chi connectivity index (χ2n) is 10.5. The van der Waals surface area contributed by atoms with Crippen molar-refractivity contribution in [1.82, 2.24) is 14.5 Å². The molecule has 0 aromatic heterocycles. The minimum absolute atomic E-state index is 0.00553. The first-order valence-electron chi connectivity index (χ1n) is 11.9. The van der Waals surface area contributed by atoms with E-state index in [1.807, 2.05) is 17.1 Å². The maximum absolute atomic E-state index is 13.3. The van der Waals surface area contributed by atoms with E-state index in [4.69, 9.17) is 0 Å². The summed E-state index contributed by atoms with van der Waals surface area (Å²) in [5.41, 5.74) is 0.0705. The van der Waals surface area contributed by atoms with Crippen LogP contribution < -0.4 is 5.32 Å². The van der Waals surface area contributed by atoms with Crippen molar-refractivity contribution >= 4 is 21.8 Å². The van der Waals surface area contributed by atoms with E-state index in [1.165, 1.54) is 36.3 Å². The third-order valence-corrected chi connectivity index (χ3v) is 9.07. The lowest BCUT2D eigenvalue weighted by atomic mass is 9.84. The molecule has 4 rings (SSSR count). The lowest BCUT2D eigenvalue weighted by Gasteiger charge is -2.32. The van der Waals surface area contributed by atoms with Crippen molar-refractivity contribution < 1.29 is 18.0 Å². The predicted octanol–water partition coefficient (Wildman–Crippen LogP) is 3.04. The molecule has 8 heteroatoms. The summed E-state index contributed by atoms with van der Waals surface area (Å²) in [6.45, 7) is 5.49. The third-order valence-electron chi connectivity index (χ3n) is 7.25. The number of nitrogens with one attached hydrogen (secondary N) is 1. The van der Waals surface area contributed by atoms with Gasteiger partial charge in [-0.1, -0.05) is 32.1 Å². The molecule has 2 atom stereocenters. The van der Waals surface area contributed by atoms with Gasteiger partial charge in [0.1, 0.15) is 0 Å². The Hall–Kier alpha value is -2.19. The molecule has 0 spiro atoms. The Morgan fingerprint density at radius 1 is 1.09 bits per heavy atom. The summed E-state index contributed by atoms with van der Waals surface area (Å²) in [4.78, 5) is 28.3. The van der Waals surface area contributed by atoms with Crippen molar-refractivity contribution in [3.8, 4) is 0 Å². The van der Waals surface area contributed by atoms with Crippen LogP contribution in [0.1, 0.15) is 56.3 Å². The number of allylic oxidation sites excluding steroid dienone is 1. The highest BCUT2D eigenvalue weighted by molar-refractivity contribution is 7.89. The molecule has 1 N–H and O–H groups in total. The largest absolute Gasteiger partial charge is 0.350 e. The van der Waals surface area contributed by atoms with Crippen LogP contribution in [0.15, 0.2) is 41.3 Å². The number of likely N-dealkylation sites (N-methyl/N-ethyl adjacent to an activating group) is 1. The summed E-state index contributed by atoms with van der Waals surface area (Å²) in [5, 5.41) is 3.00. The number of hydrogen-bond donors (Lipinski definition) is 1. The molecule has 2 fully saturated rings. The van der Waals surface area contributed by atoms with Crippen LogP contribution in [0.3, 0.4) is 0 Å². The molecule has 0 radical (unpaired) electrons. The molecule has 3 aliphatic rings. The molecule has 1 aromatic rings. The van der Waals surface area contributed by atoms with Gasteiger partial charge in [-0.15, -0.1) is 0 Å². The normalized spacial score (nSPS) is 29.7. The average Bonchev–Trinajstić information content (AvgIpc) is 3.52. The van der Waals surface area contributed by atoms with Crippen LogP contribution in [0.4, 0.5) is 0 Å². The van der Waals surface area contributed by atoms with Crippen LogP contribution >= 0.6 is 0 Å². The standard InChI is InChI=1S/C25H35N3O4S/c1-25(2)12-4-5-13-27(3)33(31,32)20-8-6-7-19(15-20)24(30)26-17-22-21(18-9-10-18)11-14-28(22)23(29)16-25/h4-8,15,18,21-22H,9-14,16-17H2,1-3H3,(H,26,30)/b5-4+. The van der Waals surface area contributed by atoms with Gasteiger partial charge in [-0.2, -0.15) is 4.31 Å². The zero-order valence-corrected chi connectivity index (χ0v) is 20.6. The molecule has 1 saturated heterocycles. The van der Waals surface area contributed by atoms with Crippen molar-refractivity contribution in [1.29, 1.82) is 0 Å². The van der Waals surface area contributed by atoms with Gasteiger partial charge < -0.3 is 10.2 Å². The minimum atomic E-state index is -3.72. The molecular formula is C25H35N3O4S. The number of carbonyl (C=O) groups excluding carboxylic acids is 2. The van der Waals surface area contributed by atoms with E-state index >= 15 is 0 Å². The van der Waals surface area contributed by atoms with E-state index in [-0.39, 0.29) is 34.7 Å². The maximum Gasteiger partial charge on any atom is 0.251 e. The van der Waals surface area contributed by atoms with E-state index in [2.05, 4.69) is 19.2 Å². The van der Waals surface area contributed by atoms with Crippen molar-refractivity contribution in [2.45, 2.75) is 56.9 Å². The second-order valence-corrected chi connectivity index (χ2v) is 12.5. The molecule has 2 bridgehead atoms. The molecule has 1 aromatic carbocycles. The van der Waals surface area contributed by atoms with E-state index in [0.717, 1.165) is 13.0 Å². The molecule has 33 heavy (non-hydrogen) atoms. The summed E-state index contributed by atoms with van der Waals surface area (Å²) in [6.07, 6.45) is 8.28. The van der Waals surface area contributed by atoms with Gasteiger partial charge in [-0.25, -0.2) is 8.42 Å². The average molecular weight is 474 g/mol. The number of amides is 2. The Bertz CT molecular complexity index is 1050. The van der Waals surface area contributed by atoms with Gasteiger partial charge in [0.25, 0.3) is 5.91 Å². The van der Waals surface area contributed by atoms with Crippen LogP contribution in [0.25, 0.3) is 0 Å². The molecule has 1 aliphatic carbocycles. The number of sulfonamides is 1. The van der Waals surface area contributed by atoms with Gasteiger partial charge in [-0.05, 0) is 61.1 Å². The highest BCUT2D eigenvalue weighted by Crippen LogP contribution is 2.45. The predicted molar refractivity (Wildman–Crippen MR) is 127 cm³/mol. The molecule has 2 aliphatic heterocycles. The SMILES string of the molecule is CN1C/C=C/CC(C)(C)CC(=O)N2CCC(C3CC3)C2CNC(=O)c2cccc(c2)S1(=O)=O. The number of benzene rings is 1. The number of rotatable bonds is 1. The van der Waals surface area contributed by atoms with Gasteiger partial charge in [0, 0.05) is 38.7 Å². The van der Waals surface area contributed by atoms with Crippen LogP contribution in [0, 0.1) is 17.3 Å². The fraction of sp³-hybridized carbons (Fsp3) is 0.600. The molecule has 1 saturated carbocycles. The Labute approximate surface area is 197 Å². The monoisotopic (exact) mass is 473 g/mol. The van der Waals surface area contributed by atoms with E-state index < -0.39 is 10.0 Å². The smallest absolute Gasteiger partial charge is 0.251 e. The Balaban J connectivity index is 1.65. The number of hydrogen-bond acceptors (Lipinski definition) is 4. The highest BCUT2D eigenvalue weighted by Gasteiger charge is 2.45. The van der Waals surface area contributed by atoms with Gasteiger partial charge in [0.15, 0.2) is 0 Å². The quantitative estimate of drug-likeness (QED) is 0.635. The van der Waals surface area contributed by atoms with Crippen molar-refractivity contribution in [3.05, 3.63) is 42.0 Å². The summed E-state index contributed by atoms with van der Waals surface area (Å²) >= 11 is 0. The third kappa shape index (κ3) is 5.32.